The van der Waals surface area contributed by atoms with Crippen LogP contribution in [0.25, 0.3) is 43.5 Å². The van der Waals surface area contributed by atoms with E-state index in [9.17, 15) is 34.8 Å². The number of fused-ring (bicyclic) bond motifs is 3. The van der Waals surface area contributed by atoms with Crippen molar-refractivity contribution >= 4 is 57.1 Å². The zero-order chi connectivity index (χ0) is 31.2. The molecule has 14 nitrogen and oxygen atoms in total. The van der Waals surface area contributed by atoms with Gasteiger partial charge in [0.2, 0.25) is 0 Å². The van der Waals surface area contributed by atoms with Gasteiger partial charge < -0.3 is 40.3 Å². The Labute approximate surface area is 254 Å². The number of aliphatic hydroxyl groups excluding tert-OH is 4. The molecule has 45 heavy (non-hydrogen) atoms. The Morgan fingerprint density at radius 2 is 1.73 bits per heavy atom. The van der Waals surface area contributed by atoms with Crippen LogP contribution in [-0.2, 0) is 13.8 Å². The Balaban J connectivity index is 1.22. The molecule has 7 N–H and O–H groups in total. The fourth-order valence-corrected chi connectivity index (χ4v) is 7.56. The zero-order valence-electron chi connectivity index (χ0n) is 23.4. The molecule has 0 spiro atoms. The van der Waals surface area contributed by atoms with Crippen molar-refractivity contribution in [2.24, 2.45) is 0 Å². The third-order valence-electron chi connectivity index (χ3n) is 8.96. The van der Waals surface area contributed by atoms with Crippen LogP contribution in [0, 0.1) is 0 Å². The number of phosphoric ester groups is 1. The van der Waals surface area contributed by atoms with E-state index in [-0.39, 0.29) is 12.2 Å². The first kappa shape index (κ1) is 28.6. The predicted molar refractivity (Wildman–Crippen MR) is 161 cm³/mol. The van der Waals surface area contributed by atoms with Gasteiger partial charge in [-0.25, -0.2) is 19.5 Å². The highest BCUT2D eigenvalue weighted by Crippen LogP contribution is 2.47. The number of aromatic nitrogens is 4. The topological polar surface area (TPSA) is 213 Å². The van der Waals surface area contributed by atoms with E-state index in [0.29, 0.717) is 22.3 Å². The van der Waals surface area contributed by atoms with Crippen molar-refractivity contribution < 1.29 is 44.0 Å². The number of nitrogens with one attached hydrogen (secondary N) is 1. The summed E-state index contributed by atoms with van der Waals surface area (Å²) in [6, 6.07) is 15.0. The molecule has 8 rings (SSSR count). The summed E-state index contributed by atoms with van der Waals surface area (Å²) < 4.78 is 23.7. The zero-order valence-corrected chi connectivity index (χ0v) is 24.3. The monoisotopic (exact) mass is 633 g/mol. The van der Waals surface area contributed by atoms with Crippen LogP contribution in [0.4, 0.5) is 5.82 Å². The van der Waals surface area contributed by atoms with Crippen molar-refractivity contribution in [2.75, 3.05) is 11.9 Å². The second-order valence-electron chi connectivity index (χ2n) is 11.5. The predicted octanol–water partition coefficient (Wildman–Crippen LogP) is 2.40. The van der Waals surface area contributed by atoms with Crippen molar-refractivity contribution in [3.63, 3.8) is 0 Å². The van der Waals surface area contributed by atoms with E-state index in [1.165, 1.54) is 12.7 Å². The van der Waals surface area contributed by atoms with Gasteiger partial charge in [0.15, 0.2) is 17.0 Å². The maximum Gasteiger partial charge on any atom is 0.469 e. The van der Waals surface area contributed by atoms with Crippen molar-refractivity contribution in [3.05, 3.63) is 72.3 Å². The maximum atomic E-state index is 11.5. The molecular formula is C30H28N5O9P. The minimum atomic E-state index is -4.84. The standard InChI is InChI=1S/C30H28N5O9P/c36-10-19-18(44-45(40,41)42)9-20(43-19)35-12-33-25-29(31-11-32-30(25)35)34-24-23-16-7-6-14-3-1-2-13-4-5-15(22(16)21(13)14)8-17(23)26(37)28(39)27(24)38/h1-8,11-12,18-20,24,26-28,36-39H,9-10H2,(H,31,32,34)(H2,40,41,42)/t18-,19+,20+,24+,26-,27-,28+/m0/s1. The van der Waals surface area contributed by atoms with Crippen LogP contribution < -0.4 is 5.32 Å². The number of benzene rings is 4. The highest BCUT2D eigenvalue weighted by molar-refractivity contribution is 7.46. The molecule has 0 radical (unpaired) electrons. The first-order chi connectivity index (χ1) is 21.6. The summed E-state index contributed by atoms with van der Waals surface area (Å²) in [4.78, 5) is 31.8. The Hall–Kier alpha value is -3.82. The molecule has 15 heteroatoms. The van der Waals surface area contributed by atoms with E-state index in [0.717, 1.165) is 32.3 Å². The quantitative estimate of drug-likeness (QED) is 0.104. The summed E-state index contributed by atoms with van der Waals surface area (Å²) in [7, 11) is -4.84. The molecule has 1 saturated heterocycles. The molecule has 0 unspecified atom stereocenters. The minimum absolute atomic E-state index is 0.00602. The van der Waals surface area contributed by atoms with Crippen LogP contribution in [0.1, 0.15) is 35.9 Å². The summed E-state index contributed by atoms with van der Waals surface area (Å²) in [6.07, 6.45) is -4.40. The molecular weight excluding hydrogens is 605 g/mol. The fourth-order valence-electron chi connectivity index (χ4n) is 6.98. The van der Waals surface area contributed by atoms with E-state index < -0.39 is 57.2 Å². The van der Waals surface area contributed by atoms with Crippen LogP contribution in [0.3, 0.4) is 0 Å². The Morgan fingerprint density at radius 3 is 2.49 bits per heavy atom. The maximum absolute atomic E-state index is 11.5. The lowest BCUT2D eigenvalue weighted by Gasteiger charge is -2.39. The largest absolute Gasteiger partial charge is 0.469 e. The summed E-state index contributed by atoms with van der Waals surface area (Å²) in [5.41, 5.74) is 1.72. The van der Waals surface area contributed by atoms with Gasteiger partial charge in [0, 0.05) is 6.42 Å². The summed E-state index contributed by atoms with van der Waals surface area (Å²) in [5, 5.41) is 52.3. The molecule has 7 atom stereocenters. The lowest BCUT2D eigenvalue weighted by Crippen LogP contribution is -2.44. The van der Waals surface area contributed by atoms with E-state index in [1.807, 2.05) is 48.5 Å². The van der Waals surface area contributed by atoms with Gasteiger partial charge in [-0.2, -0.15) is 0 Å². The van der Waals surface area contributed by atoms with E-state index in [1.54, 1.807) is 4.57 Å². The van der Waals surface area contributed by atoms with E-state index >= 15 is 0 Å². The van der Waals surface area contributed by atoms with Crippen LogP contribution in [0.2, 0.25) is 0 Å². The van der Waals surface area contributed by atoms with Crippen molar-refractivity contribution in [1.29, 1.82) is 0 Å². The molecule has 0 saturated carbocycles. The average Bonchev–Trinajstić information content (AvgIpc) is 3.64. The molecule has 1 aliphatic heterocycles. The highest BCUT2D eigenvalue weighted by atomic mass is 31.2. The number of ether oxygens (including phenoxy) is 1. The highest BCUT2D eigenvalue weighted by Gasteiger charge is 2.43. The van der Waals surface area contributed by atoms with E-state index in [4.69, 9.17) is 9.26 Å². The molecule has 1 aliphatic carbocycles. The molecule has 4 aromatic carbocycles. The Morgan fingerprint density at radius 1 is 0.978 bits per heavy atom. The number of nitrogens with zero attached hydrogens (tertiary/aromatic N) is 4. The van der Waals surface area contributed by atoms with Gasteiger partial charge in [-0.15, -0.1) is 0 Å². The van der Waals surface area contributed by atoms with Crippen molar-refractivity contribution in [3.8, 4) is 0 Å². The average molecular weight is 634 g/mol. The Kier molecular flexibility index (Phi) is 6.59. The normalized spacial score (nSPS) is 27.2. The molecule has 2 aliphatic rings. The molecule has 232 valence electrons. The molecule has 1 fully saturated rings. The lowest BCUT2D eigenvalue weighted by atomic mass is 9.77. The number of hydrogen-bond donors (Lipinski definition) is 7. The van der Waals surface area contributed by atoms with Gasteiger partial charge >= 0.3 is 7.82 Å². The summed E-state index contributed by atoms with van der Waals surface area (Å²) in [6.45, 7) is -0.523. The second kappa shape index (κ2) is 10.4. The number of aliphatic hydroxyl groups is 4. The van der Waals surface area contributed by atoms with Crippen LogP contribution in [0.5, 0.6) is 0 Å². The smallest absolute Gasteiger partial charge is 0.394 e. The van der Waals surface area contributed by atoms with Crippen molar-refractivity contribution in [1.82, 2.24) is 19.5 Å². The Bertz CT molecular complexity index is 2120. The van der Waals surface area contributed by atoms with Gasteiger partial charge in [-0.05, 0) is 49.5 Å². The van der Waals surface area contributed by atoms with Gasteiger partial charge in [-0.1, -0.05) is 42.5 Å². The van der Waals surface area contributed by atoms with Crippen LogP contribution >= 0.6 is 7.82 Å². The third-order valence-corrected chi connectivity index (χ3v) is 9.51. The lowest BCUT2D eigenvalue weighted by molar-refractivity contribution is -0.0766. The summed E-state index contributed by atoms with van der Waals surface area (Å²) in [5.74, 6) is 0.239. The van der Waals surface area contributed by atoms with Crippen molar-refractivity contribution in [2.45, 2.75) is 49.2 Å². The van der Waals surface area contributed by atoms with Gasteiger partial charge in [-0.3, -0.25) is 9.09 Å². The molecule has 0 amide bonds. The summed E-state index contributed by atoms with van der Waals surface area (Å²) >= 11 is 0. The number of phosphoric acid groups is 1. The van der Waals surface area contributed by atoms with Crippen LogP contribution in [0.15, 0.2) is 61.2 Å². The van der Waals surface area contributed by atoms with Gasteiger partial charge in [0.05, 0.1) is 19.0 Å². The molecule has 3 heterocycles. The SMILES string of the molecule is O=P(O)(O)O[C@H]1C[C@H](n2cnc3c(N[C@@H]4c5c(cc6ccc7cccc8ccc5c6c78)[C@H](O)[C@@H](O)[C@H]4O)ncnc32)O[C@@H]1CO. The number of anilines is 1. The van der Waals surface area contributed by atoms with Crippen LogP contribution in [-0.4, -0.2) is 80.8 Å². The number of hydrogen-bond acceptors (Lipinski definition) is 11. The number of rotatable bonds is 6. The second-order valence-corrected chi connectivity index (χ2v) is 12.7. The first-order valence-corrected chi connectivity index (χ1v) is 15.8. The first-order valence-electron chi connectivity index (χ1n) is 14.3. The number of imidazole rings is 1. The van der Waals surface area contributed by atoms with Gasteiger partial charge in [0.1, 0.15) is 43.1 Å². The van der Waals surface area contributed by atoms with E-state index in [2.05, 4.69) is 20.3 Å². The fraction of sp³-hybridized carbons (Fsp3) is 0.300. The molecule has 2 aromatic heterocycles. The minimum Gasteiger partial charge on any atom is -0.394 e. The van der Waals surface area contributed by atoms with Gasteiger partial charge in [0.25, 0.3) is 0 Å². The molecule has 0 bridgehead atoms. The third kappa shape index (κ3) is 4.49. The molecule has 6 aromatic rings.